The summed E-state index contributed by atoms with van der Waals surface area (Å²) in [6.45, 7) is 1.64. The van der Waals surface area contributed by atoms with Gasteiger partial charge < -0.3 is 16.2 Å². The van der Waals surface area contributed by atoms with E-state index in [9.17, 15) is 9.18 Å². The summed E-state index contributed by atoms with van der Waals surface area (Å²) >= 11 is 0. The van der Waals surface area contributed by atoms with Gasteiger partial charge in [0.1, 0.15) is 5.82 Å². The van der Waals surface area contributed by atoms with Gasteiger partial charge in [-0.25, -0.2) is 9.18 Å². The van der Waals surface area contributed by atoms with Crippen LogP contribution in [0.4, 0.5) is 21.5 Å². The van der Waals surface area contributed by atoms with Crippen LogP contribution in [0.2, 0.25) is 0 Å². The Morgan fingerprint density at radius 3 is 2.68 bits per heavy atom. The second-order valence-corrected chi connectivity index (χ2v) is 4.17. The van der Waals surface area contributed by atoms with E-state index in [0.29, 0.717) is 11.3 Å². The van der Waals surface area contributed by atoms with Gasteiger partial charge in [-0.1, -0.05) is 12.1 Å². The lowest BCUT2D eigenvalue weighted by Crippen LogP contribution is -2.05. The van der Waals surface area contributed by atoms with Crippen molar-refractivity contribution in [1.29, 1.82) is 0 Å². The number of halogens is 1. The second-order valence-electron chi connectivity index (χ2n) is 4.17. The van der Waals surface area contributed by atoms with E-state index in [-0.39, 0.29) is 16.9 Å². The minimum atomic E-state index is -1.10. The average molecular weight is 260 g/mol. The number of hydrogen-bond donors (Lipinski definition) is 3. The summed E-state index contributed by atoms with van der Waals surface area (Å²) in [7, 11) is 0. The number of carboxylic acids is 1. The minimum Gasteiger partial charge on any atom is -0.478 e. The molecule has 0 aromatic heterocycles. The first-order valence-corrected chi connectivity index (χ1v) is 5.64. The molecule has 0 spiro atoms. The van der Waals surface area contributed by atoms with Crippen molar-refractivity contribution in [2.45, 2.75) is 6.92 Å². The fourth-order valence-corrected chi connectivity index (χ4v) is 1.74. The molecule has 4 nitrogen and oxygen atoms in total. The van der Waals surface area contributed by atoms with Crippen LogP contribution in [-0.2, 0) is 0 Å². The Hall–Kier alpha value is -2.56. The Kier molecular flexibility index (Phi) is 3.37. The number of nitrogen functional groups attached to an aromatic ring is 1. The van der Waals surface area contributed by atoms with Crippen LogP contribution in [0.5, 0.6) is 0 Å². The molecule has 0 heterocycles. The molecule has 98 valence electrons. The van der Waals surface area contributed by atoms with Crippen molar-refractivity contribution >= 4 is 23.0 Å². The van der Waals surface area contributed by atoms with Crippen molar-refractivity contribution in [3.63, 3.8) is 0 Å². The molecule has 0 aliphatic heterocycles. The van der Waals surface area contributed by atoms with Crippen molar-refractivity contribution in [3.8, 4) is 0 Å². The predicted molar refractivity (Wildman–Crippen MR) is 72.2 cm³/mol. The molecule has 0 unspecified atom stereocenters. The molecule has 19 heavy (non-hydrogen) atoms. The monoisotopic (exact) mass is 260 g/mol. The van der Waals surface area contributed by atoms with Crippen LogP contribution in [0.25, 0.3) is 0 Å². The van der Waals surface area contributed by atoms with Crippen LogP contribution >= 0.6 is 0 Å². The van der Waals surface area contributed by atoms with Crippen LogP contribution in [0.3, 0.4) is 0 Å². The SMILES string of the molecule is Cc1cccc(Nc2cc(N)ccc2C(=O)O)c1F. The molecule has 0 fully saturated rings. The van der Waals surface area contributed by atoms with Crippen LogP contribution in [0.15, 0.2) is 36.4 Å². The maximum Gasteiger partial charge on any atom is 0.337 e. The Labute approximate surface area is 109 Å². The normalized spacial score (nSPS) is 10.2. The van der Waals surface area contributed by atoms with Gasteiger partial charge >= 0.3 is 5.97 Å². The molecule has 2 aromatic carbocycles. The summed E-state index contributed by atoms with van der Waals surface area (Å²) in [5, 5.41) is 11.9. The third-order valence-electron chi connectivity index (χ3n) is 2.74. The number of carboxylic acid groups (broad SMARTS) is 1. The molecule has 5 heteroatoms. The summed E-state index contributed by atoms with van der Waals surface area (Å²) in [6.07, 6.45) is 0. The first kappa shape index (κ1) is 12.9. The number of hydrogen-bond acceptors (Lipinski definition) is 3. The maximum atomic E-state index is 13.9. The molecule has 0 radical (unpaired) electrons. The van der Waals surface area contributed by atoms with Crippen molar-refractivity contribution in [1.82, 2.24) is 0 Å². The highest BCUT2D eigenvalue weighted by atomic mass is 19.1. The number of aromatic carboxylic acids is 1. The van der Waals surface area contributed by atoms with E-state index in [4.69, 9.17) is 10.8 Å². The van der Waals surface area contributed by atoms with Crippen LogP contribution in [0, 0.1) is 12.7 Å². The molecule has 0 atom stereocenters. The van der Waals surface area contributed by atoms with Crippen LogP contribution in [0.1, 0.15) is 15.9 Å². The van der Waals surface area contributed by atoms with E-state index in [1.165, 1.54) is 24.3 Å². The molecule has 2 rings (SSSR count). The molecule has 0 amide bonds. The lowest BCUT2D eigenvalue weighted by molar-refractivity contribution is 0.0698. The summed E-state index contributed by atoms with van der Waals surface area (Å²) in [5.74, 6) is -1.52. The highest BCUT2D eigenvalue weighted by Crippen LogP contribution is 2.26. The van der Waals surface area contributed by atoms with Gasteiger partial charge in [0.05, 0.1) is 16.9 Å². The molecule has 0 bridgehead atoms. The number of aryl methyl sites for hydroxylation is 1. The Morgan fingerprint density at radius 1 is 1.26 bits per heavy atom. The van der Waals surface area contributed by atoms with Gasteiger partial charge in [-0.15, -0.1) is 0 Å². The number of carbonyl (C=O) groups is 1. The lowest BCUT2D eigenvalue weighted by atomic mass is 10.1. The van der Waals surface area contributed by atoms with E-state index in [1.807, 2.05) is 0 Å². The first-order valence-electron chi connectivity index (χ1n) is 5.64. The number of rotatable bonds is 3. The predicted octanol–water partition coefficient (Wildman–Crippen LogP) is 3.16. The first-order chi connectivity index (χ1) is 8.99. The molecule has 0 aliphatic carbocycles. The van der Waals surface area contributed by atoms with Gasteiger partial charge in [0.15, 0.2) is 0 Å². The molecule has 0 aliphatic rings. The van der Waals surface area contributed by atoms with E-state index < -0.39 is 11.8 Å². The Bertz CT molecular complexity index is 641. The van der Waals surface area contributed by atoms with Crippen LogP contribution < -0.4 is 11.1 Å². The van der Waals surface area contributed by atoms with E-state index in [0.717, 1.165) is 0 Å². The van der Waals surface area contributed by atoms with Gasteiger partial charge in [0.2, 0.25) is 0 Å². The fourth-order valence-electron chi connectivity index (χ4n) is 1.74. The van der Waals surface area contributed by atoms with Crippen molar-refractivity contribution in [3.05, 3.63) is 53.3 Å². The van der Waals surface area contributed by atoms with Gasteiger partial charge in [-0.05, 0) is 36.8 Å². The largest absolute Gasteiger partial charge is 0.478 e. The third kappa shape index (κ3) is 2.65. The van der Waals surface area contributed by atoms with Gasteiger partial charge in [0, 0.05) is 5.69 Å². The van der Waals surface area contributed by atoms with Crippen molar-refractivity contribution < 1.29 is 14.3 Å². The third-order valence-corrected chi connectivity index (χ3v) is 2.74. The van der Waals surface area contributed by atoms with E-state index in [1.54, 1.807) is 19.1 Å². The number of nitrogens with two attached hydrogens (primary N) is 1. The molecular weight excluding hydrogens is 247 g/mol. The summed E-state index contributed by atoms with van der Waals surface area (Å²) in [6, 6.07) is 9.20. The molecule has 0 saturated carbocycles. The van der Waals surface area contributed by atoms with Gasteiger partial charge in [0.25, 0.3) is 0 Å². The zero-order valence-corrected chi connectivity index (χ0v) is 10.3. The maximum absolute atomic E-state index is 13.9. The van der Waals surface area contributed by atoms with Crippen LogP contribution in [-0.4, -0.2) is 11.1 Å². The summed E-state index contributed by atoms with van der Waals surface area (Å²) in [4.78, 5) is 11.1. The molecule has 0 saturated heterocycles. The topological polar surface area (TPSA) is 75.3 Å². The van der Waals surface area contributed by atoms with E-state index >= 15 is 0 Å². The Morgan fingerprint density at radius 2 is 2.00 bits per heavy atom. The lowest BCUT2D eigenvalue weighted by Gasteiger charge is -2.12. The molecule has 4 N–H and O–H groups in total. The average Bonchev–Trinajstić information content (AvgIpc) is 2.35. The number of anilines is 3. The zero-order valence-electron chi connectivity index (χ0n) is 10.3. The highest BCUT2D eigenvalue weighted by molar-refractivity contribution is 5.96. The summed E-state index contributed by atoms with van der Waals surface area (Å²) in [5.41, 5.74) is 7.02. The minimum absolute atomic E-state index is 0.0371. The highest BCUT2D eigenvalue weighted by Gasteiger charge is 2.12. The Balaban J connectivity index is 2.45. The van der Waals surface area contributed by atoms with Crippen molar-refractivity contribution in [2.75, 3.05) is 11.1 Å². The van der Waals surface area contributed by atoms with Gasteiger partial charge in [-0.2, -0.15) is 0 Å². The van der Waals surface area contributed by atoms with Crippen molar-refractivity contribution in [2.24, 2.45) is 0 Å². The van der Waals surface area contributed by atoms with Gasteiger partial charge in [-0.3, -0.25) is 0 Å². The fraction of sp³-hybridized carbons (Fsp3) is 0.0714. The summed E-state index contributed by atoms with van der Waals surface area (Å²) < 4.78 is 13.9. The standard InChI is InChI=1S/C14H13FN2O2/c1-8-3-2-4-11(13(8)15)17-12-7-9(16)5-6-10(12)14(18)19/h2-7,17H,16H2,1H3,(H,18,19). The number of nitrogens with one attached hydrogen (secondary N) is 1. The van der Waals surface area contributed by atoms with E-state index in [2.05, 4.69) is 5.32 Å². The number of benzene rings is 2. The quantitative estimate of drug-likeness (QED) is 0.741. The smallest absolute Gasteiger partial charge is 0.337 e. The molecule has 2 aromatic rings. The molecular formula is C14H13FN2O2. The zero-order chi connectivity index (χ0) is 14.0. The second kappa shape index (κ2) is 4.97.